The highest BCUT2D eigenvalue weighted by Gasteiger charge is 2.24. The van der Waals surface area contributed by atoms with E-state index in [-0.39, 0.29) is 24.3 Å². The Balaban J connectivity index is 2.33. The minimum absolute atomic E-state index is 0.00439. The van der Waals surface area contributed by atoms with Gasteiger partial charge in [0.15, 0.2) is 0 Å². The molecule has 1 atom stereocenters. The van der Waals surface area contributed by atoms with Crippen molar-refractivity contribution in [2.24, 2.45) is 0 Å². The minimum atomic E-state index is -0.687. The summed E-state index contributed by atoms with van der Waals surface area (Å²) in [6.45, 7) is 4.10. The van der Waals surface area contributed by atoms with Crippen LogP contribution in [-0.2, 0) is 14.3 Å². The summed E-state index contributed by atoms with van der Waals surface area (Å²) in [6.07, 6.45) is 0. The molecule has 2 amide bonds. The predicted octanol–water partition coefficient (Wildman–Crippen LogP) is 0.223. The van der Waals surface area contributed by atoms with Crippen LogP contribution in [0.15, 0.2) is 0 Å². The second-order valence-electron chi connectivity index (χ2n) is 3.58. The first-order valence-electron chi connectivity index (χ1n) is 5.42. The monoisotopic (exact) mass is 260 g/mol. The average Bonchev–Trinajstić information content (AvgIpc) is 2.64. The third-order valence-electron chi connectivity index (χ3n) is 2.20. The molecule has 1 saturated heterocycles. The molecule has 1 fully saturated rings. The second-order valence-corrected chi connectivity index (χ2v) is 4.62. The lowest BCUT2D eigenvalue weighted by atomic mass is 10.3. The normalized spacial score (nSPS) is 16.8. The number of carbonyl (C=O) groups excluding carboxylic acids is 3. The van der Waals surface area contributed by atoms with Crippen molar-refractivity contribution in [3.05, 3.63) is 0 Å². The molecule has 0 aromatic heterocycles. The third kappa shape index (κ3) is 4.26. The Hall–Kier alpha value is -1.24. The molecule has 6 nitrogen and oxygen atoms in total. The van der Waals surface area contributed by atoms with Crippen molar-refractivity contribution in [3.8, 4) is 0 Å². The van der Waals surface area contributed by atoms with Gasteiger partial charge >= 0.3 is 5.97 Å². The summed E-state index contributed by atoms with van der Waals surface area (Å²) >= 11 is 1.20. The molecular weight excluding hydrogens is 244 g/mol. The van der Waals surface area contributed by atoms with Gasteiger partial charge in [-0.2, -0.15) is 0 Å². The van der Waals surface area contributed by atoms with Crippen LogP contribution in [0, 0.1) is 0 Å². The Morgan fingerprint density at radius 3 is 2.82 bits per heavy atom. The van der Waals surface area contributed by atoms with Gasteiger partial charge in [0.05, 0.1) is 6.61 Å². The molecule has 0 aliphatic carbocycles. The summed E-state index contributed by atoms with van der Waals surface area (Å²) in [5, 5.41) is 2.40. The largest absolute Gasteiger partial charge is 0.464 e. The Kier molecular flexibility index (Phi) is 5.27. The molecule has 7 heteroatoms. The maximum Gasteiger partial charge on any atom is 0.328 e. The van der Waals surface area contributed by atoms with Gasteiger partial charge in [0.2, 0.25) is 5.91 Å². The molecule has 1 rings (SSSR count). The van der Waals surface area contributed by atoms with Gasteiger partial charge in [-0.15, -0.1) is 0 Å². The highest BCUT2D eigenvalue weighted by Crippen LogP contribution is 2.16. The number of esters is 1. The van der Waals surface area contributed by atoms with E-state index in [1.165, 1.54) is 16.7 Å². The highest BCUT2D eigenvalue weighted by atomic mass is 32.2. The number of rotatable bonds is 5. The number of nitrogens with zero attached hydrogens (tertiary/aromatic N) is 1. The summed E-state index contributed by atoms with van der Waals surface area (Å²) < 4.78 is 4.76. The van der Waals surface area contributed by atoms with E-state index in [1.54, 1.807) is 13.8 Å². The maximum atomic E-state index is 11.5. The molecule has 0 aromatic carbocycles. The Bertz CT molecular complexity index is 321. The second kappa shape index (κ2) is 6.48. The molecule has 1 unspecified atom stereocenters. The molecule has 1 aliphatic heterocycles. The first-order chi connectivity index (χ1) is 8.04. The Morgan fingerprint density at radius 2 is 2.29 bits per heavy atom. The zero-order valence-electron chi connectivity index (χ0n) is 9.89. The van der Waals surface area contributed by atoms with E-state index >= 15 is 0 Å². The van der Waals surface area contributed by atoms with E-state index < -0.39 is 12.0 Å². The van der Waals surface area contributed by atoms with E-state index in [9.17, 15) is 14.4 Å². The van der Waals surface area contributed by atoms with Gasteiger partial charge in [-0.25, -0.2) is 4.79 Å². The topological polar surface area (TPSA) is 75.7 Å². The van der Waals surface area contributed by atoms with Crippen molar-refractivity contribution in [2.45, 2.75) is 19.9 Å². The fourth-order valence-electron chi connectivity index (χ4n) is 1.36. The number of carbonyl (C=O) groups is 3. The Morgan fingerprint density at radius 1 is 1.59 bits per heavy atom. The lowest BCUT2D eigenvalue weighted by molar-refractivity contribution is -0.146. The van der Waals surface area contributed by atoms with E-state index in [4.69, 9.17) is 4.74 Å². The van der Waals surface area contributed by atoms with Crippen LogP contribution in [0.5, 0.6) is 0 Å². The summed E-state index contributed by atoms with van der Waals surface area (Å²) in [6, 6.07) is -0.687. The van der Waals surface area contributed by atoms with Crippen molar-refractivity contribution in [2.75, 3.05) is 25.4 Å². The zero-order chi connectivity index (χ0) is 12.8. The van der Waals surface area contributed by atoms with E-state index in [0.717, 1.165) is 0 Å². The molecule has 1 heterocycles. The van der Waals surface area contributed by atoms with Crippen LogP contribution in [0.2, 0.25) is 0 Å². The van der Waals surface area contributed by atoms with Gasteiger partial charge in [0.25, 0.3) is 5.24 Å². The molecule has 1 aliphatic rings. The quantitative estimate of drug-likeness (QED) is 0.716. The van der Waals surface area contributed by atoms with Crippen LogP contribution < -0.4 is 5.32 Å². The van der Waals surface area contributed by atoms with E-state index in [2.05, 4.69) is 5.32 Å². The number of hydrogen-bond donors (Lipinski definition) is 1. The molecule has 96 valence electrons. The predicted molar refractivity (Wildman–Crippen MR) is 63.7 cm³/mol. The fourth-order valence-corrected chi connectivity index (χ4v) is 2.18. The van der Waals surface area contributed by atoms with Crippen molar-refractivity contribution >= 4 is 28.9 Å². The molecule has 17 heavy (non-hydrogen) atoms. The molecule has 0 saturated carbocycles. The number of ether oxygens (including phenoxy) is 1. The fraction of sp³-hybridized carbons (Fsp3) is 0.700. The van der Waals surface area contributed by atoms with Crippen LogP contribution in [0.3, 0.4) is 0 Å². The summed E-state index contributed by atoms with van der Waals surface area (Å²) in [4.78, 5) is 35.5. The maximum absolute atomic E-state index is 11.5. The standard InChI is InChI=1S/C10H16N2O4S/c1-3-16-9(14)7(2)11-8(13)6-12-4-5-17-10(12)15/h7H,3-6H2,1-2H3,(H,11,13). The minimum Gasteiger partial charge on any atom is -0.464 e. The first-order valence-corrected chi connectivity index (χ1v) is 6.40. The third-order valence-corrected chi connectivity index (χ3v) is 3.09. The zero-order valence-corrected chi connectivity index (χ0v) is 10.7. The number of hydrogen-bond acceptors (Lipinski definition) is 5. The molecule has 0 aromatic rings. The number of nitrogens with one attached hydrogen (secondary N) is 1. The van der Waals surface area contributed by atoms with Crippen molar-refractivity contribution in [1.82, 2.24) is 10.2 Å². The summed E-state index contributed by atoms with van der Waals surface area (Å²) in [5.74, 6) is -0.108. The Labute approximate surface area is 104 Å². The SMILES string of the molecule is CCOC(=O)C(C)NC(=O)CN1CCSC1=O. The smallest absolute Gasteiger partial charge is 0.328 e. The van der Waals surface area contributed by atoms with Gasteiger partial charge in [0, 0.05) is 12.3 Å². The van der Waals surface area contributed by atoms with Crippen LogP contribution in [0.4, 0.5) is 4.79 Å². The van der Waals surface area contributed by atoms with Crippen LogP contribution >= 0.6 is 11.8 Å². The highest BCUT2D eigenvalue weighted by molar-refractivity contribution is 8.13. The average molecular weight is 260 g/mol. The van der Waals surface area contributed by atoms with E-state index in [1.807, 2.05) is 0 Å². The lowest BCUT2D eigenvalue weighted by Gasteiger charge is -2.16. The molecule has 0 radical (unpaired) electrons. The number of thioether (sulfide) groups is 1. The van der Waals surface area contributed by atoms with Crippen molar-refractivity contribution < 1.29 is 19.1 Å². The molecule has 1 N–H and O–H groups in total. The number of amides is 2. The summed E-state index contributed by atoms with van der Waals surface area (Å²) in [5.41, 5.74) is 0. The summed E-state index contributed by atoms with van der Waals surface area (Å²) in [7, 11) is 0. The molecular formula is C10H16N2O4S. The van der Waals surface area contributed by atoms with Crippen molar-refractivity contribution in [3.63, 3.8) is 0 Å². The van der Waals surface area contributed by atoms with E-state index in [0.29, 0.717) is 12.3 Å². The van der Waals surface area contributed by atoms with Crippen LogP contribution in [-0.4, -0.2) is 53.5 Å². The van der Waals surface area contributed by atoms with Gasteiger partial charge in [-0.3, -0.25) is 9.59 Å². The van der Waals surface area contributed by atoms with Crippen molar-refractivity contribution in [1.29, 1.82) is 0 Å². The molecule has 0 bridgehead atoms. The van der Waals surface area contributed by atoms with Gasteiger partial charge in [-0.1, -0.05) is 11.8 Å². The van der Waals surface area contributed by atoms with Gasteiger partial charge in [0.1, 0.15) is 12.6 Å². The van der Waals surface area contributed by atoms with Gasteiger partial charge < -0.3 is 15.0 Å². The van der Waals surface area contributed by atoms with Gasteiger partial charge in [-0.05, 0) is 13.8 Å². The van der Waals surface area contributed by atoms with Crippen LogP contribution in [0.1, 0.15) is 13.8 Å². The first kappa shape index (κ1) is 13.8. The molecule has 0 spiro atoms. The lowest BCUT2D eigenvalue weighted by Crippen LogP contribution is -2.44. The van der Waals surface area contributed by atoms with Crippen LogP contribution in [0.25, 0.3) is 0 Å².